The zero-order valence-corrected chi connectivity index (χ0v) is 21.3. The molecule has 190 valence electrons. The summed E-state index contributed by atoms with van der Waals surface area (Å²) in [6.45, 7) is 3.83. The van der Waals surface area contributed by atoms with Gasteiger partial charge in [-0.1, -0.05) is 59.7 Å². The first-order valence-electron chi connectivity index (χ1n) is 12.2. The number of aliphatic hydroxyl groups is 1. The number of anilines is 1. The largest absolute Gasteiger partial charge is 0.507 e. The number of amides is 1. The smallest absolute Gasteiger partial charge is 0.300 e. The molecule has 0 aliphatic carbocycles. The highest BCUT2D eigenvalue weighted by Gasteiger charge is 2.47. The van der Waals surface area contributed by atoms with E-state index in [9.17, 15) is 14.7 Å². The van der Waals surface area contributed by atoms with E-state index in [2.05, 4.69) is 0 Å². The van der Waals surface area contributed by atoms with E-state index in [4.69, 9.17) is 9.47 Å². The van der Waals surface area contributed by atoms with Gasteiger partial charge in [-0.05, 0) is 67.9 Å². The fourth-order valence-corrected chi connectivity index (χ4v) is 4.64. The van der Waals surface area contributed by atoms with Crippen LogP contribution in [0.4, 0.5) is 5.69 Å². The Bertz CT molecular complexity index is 1540. The summed E-state index contributed by atoms with van der Waals surface area (Å²) >= 11 is 0. The summed E-state index contributed by atoms with van der Waals surface area (Å²) in [6.07, 6.45) is 0. The molecule has 1 saturated heterocycles. The molecule has 1 N–H and O–H groups in total. The number of para-hydroxylation sites is 1. The number of rotatable bonds is 6. The van der Waals surface area contributed by atoms with Crippen LogP contribution in [0.1, 0.15) is 28.3 Å². The number of hydrogen-bond acceptors (Lipinski definition) is 5. The number of methoxy groups -OCH3 is 1. The van der Waals surface area contributed by atoms with Gasteiger partial charge in [0, 0.05) is 5.69 Å². The normalized spacial score (nSPS) is 16.5. The molecule has 0 aromatic heterocycles. The van der Waals surface area contributed by atoms with Gasteiger partial charge in [0.15, 0.2) is 0 Å². The van der Waals surface area contributed by atoms with Crippen molar-refractivity contribution in [2.75, 3.05) is 12.0 Å². The van der Waals surface area contributed by atoms with Crippen molar-refractivity contribution in [1.82, 2.24) is 0 Å². The van der Waals surface area contributed by atoms with Gasteiger partial charge in [0.25, 0.3) is 11.7 Å². The molecule has 1 atom stereocenters. The summed E-state index contributed by atoms with van der Waals surface area (Å²) in [6, 6.07) is 28.3. The number of aliphatic hydroxyl groups excluding tert-OH is 1. The lowest BCUT2D eigenvalue weighted by molar-refractivity contribution is -0.132. The Morgan fingerprint density at radius 2 is 1.47 bits per heavy atom. The third-order valence-electron chi connectivity index (χ3n) is 6.52. The molecule has 1 unspecified atom stereocenters. The number of benzene rings is 4. The number of ketones is 1. The maximum Gasteiger partial charge on any atom is 0.300 e. The SMILES string of the molecule is COc1ccc(C)cc1/C(O)=C1\C(=O)C(=O)N(c2ccc(C)cc2)C1c1cccc(Oc2ccccc2)c1. The Labute approximate surface area is 221 Å². The van der Waals surface area contributed by atoms with Gasteiger partial charge in [0.05, 0.1) is 24.3 Å². The van der Waals surface area contributed by atoms with Crippen LogP contribution in [0.3, 0.4) is 0 Å². The molecule has 38 heavy (non-hydrogen) atoms. The monoisotopic (exact) mass is 505 g/mol. The van der Waals surface area contributed by atoms with Gasteiger partial charge in [-0.2, -0.15) is 0 Å². The summed E-state index contributed by atoms with van der Waals surface area (Å²) in [4.78, 5) is 28.4. The van der Waals surface area contributed by atoms with Crippen LogP contribution >= 0.6 is 0 Å². The minimum Gasteiger partial charge on any atom is -0.507 e. The summed E-state index contributed by atoms with van der Waals surface area (Å²) in [7, 11) is 1.49. The molecule has 0 bridgehead atoms. The van der Waals surface area contributed by atoms with Crippen molar-refractivity contribution in [2.45, 2.75) is 19.9 Å². The van der Waals surface area contributed by atoms with Crippen molar-refractivity contribution in [3.8, 4) is 17.2 Å². The predicted octanol–water partition coefficient (Wildman–Crippen LogP) is 6.73. The molecule has 5 rings (SSSR count). The fourth-order valence-electron chi connectivity index (χ4n) is 4.64. The van der Waals surface area contributed by atoms with Crippen LogP contribution in [0.15, 0.2) is 103 Å². The second-order valence-electron chi connectivity index (χ2n) is 9.20. The van der Waals surface area contributed by atoms with E-state index in [0.29, 0.717) is 34.1 Å². The lowest BCUT2D eigenvalue weighted by Gasteiger charge is -2.26. The molecule has 0 radical (unpaired) electrons. The van der Waals surface area contributed by atoms with Crippen LogP contribution in [-0.2, 0) is 9.59 Å². The third-order valence-corrected chi connectivity index (χ3v) is 6.52. The molecule has 1 aliphatic heterocycles. The van der Waals surface area contributed by atoms with Crippen LogP contribution in [-0.4, -0.2) is 23.9 Å². The Balaban J connectivity index is 1.70. The molecule has 4 aromatic carbocycles. The Morgan fingerprint density at radius 1 is 0.789 bits per heavy atom. The Morgan fingerprint density at radius 3 is 2.18 bits per heavy atom. The Hall–Kier alpha value is -4.84. The summed E-state index contributed by atoms with van der Waals surface area (Å²) < 4.78 is 11.5. The predicted molar refractivity (Wildman–Crippen MR) is 147 cm³/mol. The fraction of sp³-hybridized carbons (Fsp3) is 0.125. The molecule has 1 aliphatic rings. The maximum absolute atomic E-state index is 13.5. The van der Waals surface area contributed by atoms with Gasteiger partial charge in [-0.15, -0.1) is 0 Å². The van der Waals surface area contributed by atoms with Gasteiger partial charge >= 0.3 is 0 Å². The van der Waals surface area contributed by atoms with Crippen molar-refractivity contribution in [3.63, 3.8) is 0 Å². The minimum absolute atomic E-state index is 0.0173. The van der Waals surface area contributed by atoms with Gasteiger partial charge in [-0.3, -0.25) is 14.5 Å². The van der Waals surface area contributed by atoms with Crippen LogP contribution < -0.4 is 14.4 Å². The number of Topliss-reactive ketones (excluding diaryl/α,β-unsaturated/α-hetero) is 1. The molecular weight excluding hydrogens is 478 g/mol. The summed E-state index contributed by atoms with van der Waals surface area (Å²) in [5.41, 5.74) is 3.38. The molecule has 0 saturated carbocycles. The van der Waals surface area contributed by atoms with E-state index in [1.165, 1.54) is 12.0 Å². The van der Waals surface area contributed by atoms with Gasteiger partial charge in [0.1, 0.15) is 23.0 Å². The van der Waals surface area contributed by atoms with Crippen molar-refractivity contribution < 1.29 is 24.2 Å². The number of hydrogen-bond donors (Lipinski definition) is 1. The van der Waals surface area contributed by atoms with Crippen LogP contribution in [0.5, 0.6) is 17.2 Å². The van der Waals surface area contributed by atoms with Gasteiger partial charge < -0.3 is 14.6 Å². The Kier molecular flexibility index (Phi) is 6.71. The lowest BCUT2D eigenvalue weighted by Crippen LogP contribution is -2.29. The van der Waals surface area contributed by atoms with Gasteiger partial charge in [0.2, 0.25) is 0 Å². The van der Waals surface area contributed by atoms with Crippen molar-refractivity contribution in [2.24, 2.45) is 0 Å². The van der Waals surface area contributed by atoms with E-state index in [0.717, 1.165) is 11.1 Å². The van der Waals surface area contributed by atoms with E-state index >= 15 is 0 Å². The second kappa shape index (κ2) is 10.3. The average Bonchev–Trinajstić information content (AvgIpc) is 3.19. The van der Waals surface area contributed by atoms with E-state index < -0.39 is 17.7 Å². The molecule has 6 heteroatoms. The molecule has 1 amide bonds. The topological polar surface area (TPSA) is 76.1 Å². The van der Waals surface area contributed by atoms with Gasteiger partial charge in [-0.25, -0.2) is 0 Å². The molecule has 6 nitrogen and oxygen atoms in total. The second-order valence-corrected chi connectivity index (χ2v) is 9.20. The number of nitrogens with zero attached hydrogens (tertiary/aromatic N) is 1. The molecule has 0 spiro atoms. The molecule has 1 fully saturated rings. The van der Waals surface area contributed by atoms with Crippen LogP contribution in [0.2, 0.25) is 0 Å². The third kappa shape index (κ3) is 4.64. The number of aryl methyl sites for hydroxylation is 2. The molecule has 4 aromatic rings. The quantitative estimate of drug-likeness (QED) is 0.179. The zero-order valence-electron chi connectivity index (χ0n) is 21.3. The van der Waals surface area contributed by atoms with E-state index in [-0.39, 0.29) is 11.3 Å². The molecule has 1 heterocycles. The number of carbonyl (C=O) groups is 2. The number of ether oxygens (including phenoxy) is 2. The first kappa shape index (κ1) is 24.8. The highest BCUT2D eigenvalue weighted by Crippen LogP contribution is 2.44. The minimum atomic E-state index is -0.887. The summed E-state index contributed by atoms with van der Waals surface area (Å²) in [5.74, 6) is -0.196. The first-order chi connectivity index (χ1) is 18.4. The van der Waals surface area contributed by atoms with E-state index in [1.54, 1.807) is 42.5 Å². The highest BCUT2D eigenvalue weighted by molar-refractivity contribution is 6.51. The van der Waals surface area contributed by atoms with Crippen LogP contribution in [0, 0.1) is 13.8 Å². The lowest BCUT2D eigenvalue weighted by atomic mass is 9.94. The van der Waals surface area contributed by atoms with Crippen molar-refractivity contribution >= 4 is 23.1 Å². The van der Waals surface area contributed by atoms with Crippen molar-refractivity contribution in [1.29, 1.82) is 0 Å². The standard InChI is InChI=1S/C32H27NO5/c1-20-12-15-23(16-13-20)33-29(22-8-7-11-25(19-22)38-24-9-5-4-6-10-24)28(31(35)32(33)36)30(34)26-18-21(2)14-17-27(26)37-3/h4-19,29,34H,1-3H3/b30-28+. The molecular formula is C32H27NO5. The van der Waals surface area contributed by atoms with Crippen molar-refractivity contribution in [3.05, 3.63) is 125 Å². The first-order valence-corrected chi connectivity index (χ1v) is 12.2. The average molecular weight is 506 g/mol. The highest BCUT2D eigenvalue weighted by atomic mass is 16.5. The van der Waals surface area contributed by atoms with Crippen LogP contribution in [0.25, 0.3) is 5.76 Å². The maximum atomic E-state index is 13.5. The summed E-state index contributed by atoms with van der Waals surface area (Å²) in [5, 5.41) is 11.6. The zero-order chi connectivity index (χ0) is 26.8. The number of carbonyl (C=O) groups excluding carboxylic acids is 2. The van der Waals surface area contributed by atoms with E-state index in [1.807, 2.05) is 68.4 Å².